The Morgan fingerprint density at radius 1 is 1.16 bits per heavy atom. The number of nitrogens with zero attached hydrogens (tertiary/aromatic N) is 5. The van der Waals surface area contributed by atoms with E-state index in [-0.39, 0.29) is 16.5 Å². The van der Waals surface area contributed by atoms with E-state index in [1.807, 2.05) is 11.9 Å². The summed E-state index contributed by atoms with van der Waals surface area (Å²) in [5.74, 6) is 0.581. The van der Waals surface area contributed by atoms with Crippen LogP contribution in [0.15, 0.2) is 24.4 Å². The van der Waals surface area contributed by atoms with Crippen molar-refractivity contribution in [3.05, 3.63) is 35.0 Å². The van der Waals surface area contributed by atoms with Crippen LogP contribution in [0.2, 0.25) is 5.02 Å². The first-order valence-electron chi connectivity index (χ1n) is 7.60. The Morgan fingerprint density at radius 2 is 1.88 bits per heavy atom. The molecule has 0 radical (unpaired) electrons. The average molecular weight is 373 g/mol. The Bertz CT molecular complexity index is 746. The number of likely N-dealkylation sites (N-methyl/N-ethyl adjacent to an activating group) is 1. The average Bonchev–Trinajstić information content (AvgIpc) is 2.56. The van der Waals surface area contributed by atoms with Gasteiger partial charge in [0.25, 0.3) is 0 Å². The zero-order chi connectivity index (χ0) is 18.0. The van der Waals surface area contributed by atoms with Crippen molar-refractivity contribution in [1.82, 2.24) is 20.1 Å². The van der Waals surface area contributed by atoms with E-state index in [1.165, 1.54) is 18.3 Å². The minimum absolute atomic E-state index is 0.0109. The monoisotopic (exact) mass is 372 g/mol. The lowest BCUT2D eigenvalue weighted by Crippen LogP contribution is -2.45. The highest BCUT2D eigenvalue weighted by Crippen LogP contribution is 2.37. The van der Waals surface area contributed by atoms with Gasteiger partial charge in [0.15, 0.2) is 5.82 Å². The maximum Gasteiger partial charge on any atom is 0.418 e. The Balaban J connectivity index is 1.84. The van der Waals surface area contributed by atoms with Crippen molar-refractivity contribution >= 4 is 29.1 Å². The Morgan fingerprint density at radius 3 is 2.56 bits per heavy atom. The van der Waals surface area contributed by atoms with Gasteiger partial charge in [0, 0.05) is 31.2 Å². The van der Waals surface area contributed by atoms with Crippen LogP contribution < -0.4 is 10.2 Å². The summed E-state index contributed by atoms with van der Waals surface area (Å²) >= 11 is 5.69. The van der Waals surface area contributed by atoms with Gasteiger partial charge in [-0.3, -0.25) is 0 Å². The number of hydrogen-bond donors (Lipinski definition) is 1. The summed E-state index contributed by atoms with van der Waals surface area (Å²) in [6.45, 7) is 3.18. The first-order chi connectivity index (χ1) is 11.8. The van der Waals surface area contributed by atoms with E-state index in [2.05, 4.69) is 25.4 Å². The van der Waals surface area contributed by atoms with Gasteiger partial charge >= 0.3 is 6.18 Å². The van der Waals surface area contributed by atoms with E-state index in [9.17, 15) is 13.2 Å². The predicted molar refractivity (Wildman–Crippen MR) is 89.3 cm³/mol. The minimum Gasteiger partial charge on any atom is -0.338 e. The molecule has 10 heteroatoms. The zero-order valence-corrected chi connectivity index (χ0v) is 14.1. The van der Waals surface area contributed by atoms with Gasteiger partial charge in [-0.05, 0) is 25.2 Å². The molecule has 0 amide bonds. The third-order valence-electron chi connectivity index (χ3n) is 3.88. The van der Waals surface area contributed by atoms with Crippen molar-refractivity contribution in [3.8, 4) is 0 Å². The summed E-state index contributed by atoms with van der Waals surface area (Å²) in [7, 11) is 2.02. The summed E-state index contributed by atoms with van der Waals surface area (Å²) in [6.07, 6.45) is -3.25. The molecule has 0 aliphatic carbocycles. The fourth-order valence-electron chi connectivity index (χ4n) is 2.49. The van der Waals surface area contributed by atoms with Crippen molar-refractivity contribution in [3.63, 3.8) is 0 Å². The molecule has 1 aliphatic rings. The van der Waals surface area contributed by atoms with Crippen LogP contribution in [0, 0.1) is 0 Å². The summed E-state index contributed by atoms with van der Waals surface area (Å²) in [5.41, 5.74) is -0.999. The quantitative estimate of drug-likeness (QED) is 0.893. The number of aromatic nitrogens is 3. The number of rotatable bonds is 3. The van der Waals surface area contributed by atoms with E-state index in [1.54, 1.807) is 0 Å². The lowest BCUT2D eigenvalue weighted by Gasteiger charge is -2.32. The number of nitrogens with one attached hydrogen (secondary N) is 1. The van der Waals surface area contributed by atoms with E-state index >= 15 is 0 Å². The molecule has 1 aromatic carbocycles. The van der Waals surface area contributed by atoms with Crippen molar-refractivity contribution in [2.45, 2.75) is 6.18 Å². The Kier molecular flexibility index (Phi) is 4.96. The maximum absolute atomic E-state index is 13.2. The molecule has 0 saturated carbocycles. The highest BCUT2D eigenvalue weighted by Gasteiger charge is 2.34. The minimum atomic E-state index is -4.53. The number of benzene rings is 1. The SMILES string of the molecule is CN1CCN(c2nncc(Nc3ccc(Cl)cc3C(F)(F)F)n2)CC1. The van der Waals surface area contributed by atoms with Crippen LogP contribution in [-0.4, -0.2) is 53.3 Å². The standard InChI is InChI=1S/C15H16ClF3N6/c1-24-4-6-25(7-5-24)14-22-13(9-20-23-14)21-12-3-2-10(16)8-11(12)15(17,18)19/h2-3,8-9H,4-7H2,1H3,(H,21,22,23). The molecule has 6 nitrogen and oxygen atoms in total. The molecule has 0 bridgehead atoms. The second-order valence-corrected chi connectivity index (χ2v) is 6.18. The van der Waals surface area contributed by atoms with Crippen LogP contribution in [0.3, 0.4) is 0 Å². The summed E-state index contributed by atoms with van der Waals surface area (Å²) in [5, 5.41) is 10.5. The van der Waals surface area contributed by atoms with Crippen molar-refractivity contribution in [2.75, 3.05) is 43.4 Å². The van der Waals surface area contributed by atoms with Crippen molar-refractivity contribution in [2.24, 2.45) is 0 Å². The van der Waals surface area contributed by atoms with Gasteiger partial charge in [-0.1, -0.05) is 11.6 Å². The predicted octanol–water partition coefficient (Wildman–Crippen LogP) is 3.04. The Hall–Kier alpha value is -2.13. The van der Waals surface area contributed by atoms with Crippen LogP contribution in [0.1, 0.15) is 5.56 Å². The third-order valence-corrected chi connectivity index (χ3v) is 4.12. The van der Waals surface area contributed by atoms with Crippen molar-refractivity contribution in [1.29, 1.82) is 0 Å². The summed E-state index contributed by atoms with van der Waals surface area (Å²) < 4.78 is 39.5. The number of alkyl halides is 3. The number of anilines is 3. The largest absolute Gasteiger partial charge is 0.418 e. The maximum atomic E-state index is 13.2. The molecular weight excluding hydrogens is 357 g/mol. The van der Waals surface area contributed by atoms with Gasteiger partial charge in [-0.2, -0.15) is 23.3 Å². The first kappa shape index (κ1) is 17.7. The molecule has 1 aromatic heterocycles. The van der Waals surface area contributed by atoms with Crippen LogP contribution in [0.5, 0.6) is 0 Å². The molecule has 2 aromatic rings. The second kappa shape index (κ2) is 7.01. The van der Waals surface area contributed by atoms with Crippen LogP contribution in [0.25, 0.3) is 0 Å². The highest BCUT2D eigenvalue weighted by atomic mass is 35.5. The lowest BCUT2D eigenvalue weighted by atomic mass is 10.1. The second-order valence-electron chi connectivity index (χ2n) is 5.74. The molecule has 0 atom stereocenters. The molecular formula is C15H16ClF3N6. The summed E-state index contributed by atoms with van der Waals surface area (Å²) in [6, 6.07) is 3.53. The van der Waals surface area contributed by atoms with Gasteiger partial charge in [-0.15, -0.1) is 5.10 Å². The van der Waals surface area contributed by atoms with Gasteiger partial charge < -0.3 is 15.1 Å². The van der Waals surface area contributed by atoms with E-state index in [0.29, 0.717) is 5.95 Å². The van der Waals surface area contributed by atoms with E-state index < -0.39 is 11.7 Å². The van der Waals surface area contributed by atoms with Gasteiger partial charge in [0.2, 0.25) is 5.95 Å². The van der Waals surface area contributed by atoms with Gasteiger partial charge in [0.05, 0.1) is 17.4 Å². The molecule has 1 aliphatic heterocycles. The fraction of sp³-hybridized carbons (Fsp3) is 0.400. The van der Waals surface area contributed by atoms with Gasteiger partial charge in [-0.25, -0.2) is 0 Å². The molecule has 25 heavy (non-hydrogen) atoms. The fourth-order valence-corrected chi connectivity index (χ4v) is 2.66. The number of piperazine rings is 1. The lowest BCUT2D eigenvalue weighted by molar-refractivity contribution is -0.136. The zero-order valence-electron chi connectivity index (χ0n) is 13.4. The van der Waals surface area contributed by atoms with Crippen LogP contribution in [-0.2, 0) is 6.18 Å². The van der Waals surface area contributed by atoms with Crippen molar-refractivity contribution < 1.29 is 13.2 Å². The number of halogens is 4. The smallest absolute Gasteiger partial charge is 0.338 e. The highest BCUT2D eigenvalue weighted by molar-refractivity contribution is 6.30. The normalized spacial score (nSPS) is 16.1. The molecule has 0 spiro atoms. The molecule has 1 N–H and O–H groups in total. The molecule has 0 unspecified atom stereocenters. The van der Waals surface area contributed by atoms with Crippen LogP contribution >= 0.6 is 11.6 Å². The molecule has 1 fully saturated rings. The third kappa shape index (κ3) is 4.29. The molecule has 3 rings (SSSR count). The van der Waals surface area contributed by atoms with E-state index in [4.69, 9.17) is 11.6 Å². The molecule has 2 heterocycles. The Labute approximate surface area is 147 Å². The molecule has 134 valence electrons. The topological polar surface area (TPSA) is 57.2 Å². The molecule has 1 saturated heterocycles. The van der Waals surface area contributed by atoms with Crippen LogP contribution in [0.4, 0.5) is 30.6 Å². The summed E-state index contributed by atoms with van der Waals surface area (Å²) in [4.78, 5) is 8.41. The first-order valence-corrected chi connectivity index (χ1v) is 7.98. The van der Waals surface area contributed by atoms with E-state index in [0.717, 1.165) is 32.2 Å². The number of hydrogen-bond acceptors (Lipinski definition) is 6. The van der Waals surface area contributed by atoms with Gasteiger partial charge in [0.1, 0.15) is 0 Å².